The van der Waals surface area contributed by atoms with Crippen molar-refractivity contribution in [1.82, 2.24) is 5.32 Å². The first-order valence-electron chi connectivity index (χ1n) is 9.41. The summed E-state index contributed by atoms with van der Waals surface area (Å²) in [4.78, 5) is 24.7. The van der Waals surface area contributed by atoms with Crippen molar-refractivity contribution in [2.75, 3.05) is 32.2 Å². The highest BCUT2D eigenvalue weighted by Crippen LogP contribution is 2.20. The molecule has 0 fully saturated rings. The summed E-state index contributed by atoms with van der Waals surface area (Å²) in [5, 5.41) is 5.67. The van der Waals surface area contributed by atoms with Gasteiger partial charge in [0.05, 0.1) is 12.2 Å². The number of carbonyl (C=O) groups is 2. The predicted molar refractivity (Wildman–Crippen MR) is 110 cm³/mol. The number of hydrogen-bond acceptors (Lipinski definition) is 4. The largest absolute Gasteiger partial charge is 0.492 e. The molecule has 0 unspecified atom stereocenters. The Morgan fingerprint density at radius 3 is 2.39 bits per heavy atom. The normalized spacial score (nSPS) is 10.6. The molecule has 28 heavy (non-hydrogen) atoms. The van der Waals surface area contributed by atoms with E-state index >= 15 is 0 Å². The number of para-hydroxylation sites is 1. The summed E-state index contributed by atoms with van der Waals surface area (Å²) in [6.45, 7) is 5.81. The van der Waals surface area contributed by atoms with Crippen LogP contribution in [0.4, 0.5) is 5.69 Å². The van der Waals surface area contributed by atoms with Crippen LogP contribution in [0.1, 0.15) is 41.0 Å². The van der Waals surface area contributed by atoms with Gasteiger partial charge in [0.15, 0.2) is 0 Å². The molecule has 0 spiro atoms. The summed E-state index contributed by atoms with van der Waals surface area (Å²) < 4.78 is 10.7. The van der Waals surface area contributed by atoms with Crippen molar-refractivity contribution in [1.29, 1.82) is 0 Å². The second-order valence-electron chi connectivity index (χ2n) is 6.83. The maximum Gasteiger partial charge on any atom is 0.259 e. The minimum atomic E-state index is -0.254. The Kier molecular flexibility index (Phi) is 8.49. The van der Waals surface area contributed by atoms with Crippen molar-refractivity contribution in [3.63, 3.8) is 0 Å². The molecule has 150 valence electrons. The summed E-state index contributed by atoms with van der Waals surface area (Å²) >= 11 is 0. The van der Waals surface area contributed by atoms with Crippen molar-refractivity contribution in [3.8, 4) is 5.75 Å². The average Bonchev–Trinajstić information content (AvgIpc) is 2.70. The summed E-state index contributed by atoms with van der Waals surface area (Å²) in [5.74, 6) is 0.516. The molecular formula is C22H28N2O4. The highest BCUT2D eigenvalue weighted by molar-refractivity contribution is 6.06. The first kappa shape index (κ1) is 21.4. The first-order valence-corrected chi connectivity index (χ1v) is 9.41. The lowest BCUT2D eigenvalue weighted by atomic mass is 10.1. The SMILES string of the molecule is COCCCNC(=O)c1ccc(NC(=O)c2ccccc2OCC(C)C)cc1. The van der Waals surface area contributed by atoms with Crippen molar-refractivity contribution >= 4 is 17.5 Å². The molecule has 2 aromatic carbocycles. The molecule has 2 aromatic rings. The van der Waals surface area contributed by atoms with E-state index in [0.717, 1.165) is 6.42 Å². The molecule has 6 heteroatoms. The van der Waals surface area contributed by atoms with Gasteiger partial charge in [-0.2, -0.15) is 0 Å². The highest BCUT2D eigenvalue weighted by atomic mass is 16.5. The van der Waals surface area contributed by atoms with E-state index in [1.807, 2.05) is 6.07 Å². The molecule has 0 aliphatic heterocycles. The third-order valence-corrected chi connectivity index (χ3v) is 3.92. The molecule has 0 aliphatic rings. The standard InChI is InChI=1S/C22H28N2O4/c1-16(2)15-28-20-8-5-4-7-19(20)22(26)24-18-11-9-17(10-12-18)21(25)23-13-6-14-27-3/h4-5,7-12,16H,6,13-15H2,1-3H3,(H,23,25)(H,24,26). The number of benzene rings is 2. The molecule has 6 nitrogen and oxygen atoms in total. The molecule has 0 aliphatic carbocycles. The number of anilines is 1. The Bertz CT molecular complexity index is 772. The average molecular weight is 384 g/mol. The number of methoxy groups -OCH3 is 1. The van der Waals surface area contributed by atoms with E-state index in [9.17, 15) is 9.59 Å². The van der Waals surface area contributed by atoms with Gasteiger partial charge in [-0.1, -0.05) is 26.0 Å². The van der Waals surface area contributed by atoms with E-state index in [2.05, 4.69) is 24.5 Å². The number of amides is 2. The number of hydrogen-bond donors (Lipinski definition) is 2. The van der Waals surface area contributed by atoms with E-state index in [0.29, 0.717) is 48.2 Å². The van der Waals surface area contributed by atoms with Crippen molar-refractivity contribution in [2.24, 2.45) is 5.92 Å². The van der Waals surface area contributed by atoms with Crippen LogP contribution in [0.2, 0.25) is 0 Å². The molecule has 2 rings (SSSR count). The number of rotatable bonds is 10. The number of ether oxygens (including phenoxy) is 2. The van der Waals surface area contributed by atoms with Gasteiger partial charge in [0.2, 0.25) is 0 Å². The van der Waals surface area contributed by atoms with E-state index in [1.165, 1.54) is 0 Å². The molecular weight excluding hydrogens is 356 g/mol. The van der Waals surface area contributed by atoms with Crippen LogP contribution >= 0.6 is 0 Å². The lowest BCUT2D eigenvalue weighted by Crippen LogP contribution is -2.25. The molecule has 0 aromatic heterocycles. The molecule has 0 atom stereocenters. The number of carbonyl (C=O) groups excluding carboxylic acids is 2. The molecule has 0 radical (unpaired) electrons. The fraction of sp³-hybridized carbons (Fsp3) is 0.364. The van der Waals surface area contributed by atoms with Crippen LogP contribution in [0.15, 0.2) is 48.5 Å². The van der Waals surface area contributed by atoms with Gasteiger partial charge >= 0.3 is 0 Å². The van der Waals surface area contributed by atoms with E-state index in [4.69, 9.17) is 9.47 Å². The van der Waals surface area contributed by atoms with Gasteiger partial charge < -0.3 is 20.1 Å². The van der Waals surface area contributed by atoms with Gasteiger partial charge in [-0.05, 0) is 48.7 Å². The van der Waals surface area contributed by atoms with Gasteiger partial charge in [-0.3, -0.25) is 9.59 Å². The van der Waals surface area contributed by atoms with E-state index in [1.54, 1.807) is 49.6 Å². The van der Waals surface area contributed by atoms with Crippen LogP contribution in [-0.4, -0.2) is 38.7 Å². The molecule has 0 heterocycles. The second-order valence-corrected chi connectivity index (χ2v) is 6.83. The van der Waals surface area contributed by atoms with Crippen molar-refractivity contribution < 1.29 is 19.1 Å². The smallest absolute Gasteiger partial charge is 0.259 e. The third-order valence-electron chi connectivity index (χ3n) is 3.92. The Morgan fingerprint density at radius 1 is 1.00 bits per heavy atom. The lowest BCUT2D eigenvalue weighted by molar-refractivity contribution is 0.0948. The number of nitrogens with one attached hydrogen (secondary N) is 2. The second kappa shape index (κ2) is 11.1. The lowest BCUT2D eigenvalue weighted by Gasteiger charge is -2.13. The molecule has 2 N–H and O–H groups in total. The predicted octanol–water partition coefficient (Wildman–Crippen LogP) is 3.74. The van der Waals surface area contributed by atoms with Crippen LogP contribution in [-0.2, 0) is 4.74 Å². The fourth-order valence-corrected chi connectivity index (χ4v) is 2.46. The summed E-state index contributed by atoms with van der Waals surface area (Å²) in [6, 6.07) is 13.9. The molecule has 2 amide bonds. The van der Waals surface area contributed by atoms with Gasteiger partial charge in [0, 0.05) is 31.5 Å². The van der Waals surface area contributed by atoms with Crippen molar-refractivity contribution in [2.45, 2.75) is 20.3 Å². The highest BCUT2D eigenvalue weighted by Gasteiger charge is 2.13. The van der Waals surface area contributed by atoms with Gasteiger partial charge in [0.25, 0.3) is 11.8 Å². The van der Waals surface area contributed by atoms with Gasteiger partial charge in [-0.25, -0.2) is 0 Å². The van der Waals surface area contributed by atoms with Crippen LogP contribution in [0, 0.1) is 5.92 Å². The molecule has 0 saturated heterocycles. The maximum atomic E-state index is 12.6. The minimum absolute atomic E-state index is 0.151. The van der Waals surface area contributed by atoms with Crippen LogP contribution in [0.5, 0.6) is 5.75 Å². The van der Waals surface area contributed by atoms with E-state index in [-0.39, 0.29) is 11.8 Å². The third kappa shape index (κ3) is 6.70. The monoisotopic (exact) mass is 384 g/mol. The maximum absolute atomic E-state index is 12.6. The fourth-order valence-electron chi connectivity index (χ4n) is 2.46. The van der Waals surface area contributed by atoms with Crippen LogP contribution in [0.3, 0.4) is 0 Å². The Balaban J connectivity index is 1.97. The quantitative estimate of drug-likeness (QED) is 0.612. The van der Waals surface area contributed by atoms with Crippen molar-refractivity contribution in [3.05, 3.63) is 59.7 Å². The molecule has 0 bridgehead atoms. The zero-order valence-electron chi connectivity index (χ0n) is 16.7. The van der Waals surface area contributed by atoms with E-state index < -0.39 is 0 Å². The zero-order chi connectivity index (χ0) is 20.4. The molecule has 0 saturated carbocycles. The van der Waals surface area contributed by atoms with Crippen LogP contribution < -0.4 is 15.4 Å². The summed E-state index contributed by atoms with van der Waals surface area (Å²) in [7, 11) is 1.63. The van der Waals surface area contributed by atoms with Gasteiger partial charge in [0.1, 0.15) is 5.75 Å². The topological polar surface area (TPSA) is 76.7 Å². The Hall–Kier alpha value is -2.86. The Morgan fingerprint density at radius 2 is 1.71 bits per heavy atom. The van der Waals surface area contributed by atoms with Crippen LogP contribution in [0.25, 0.3) is 0 Å². The minimum Gasteiger partial charge on any atom is -0.492 e. The zero-order valence-corrected chi connectivity index (χ0v) is 16.7. The summed E-state index contributed by atoms with van der Waals surface area (Å²) in [5.41, 5.74) is 1.62. The van der Waals surface area contributed by atoms with Gasteiger partial charge in [-0.15, -0.1) is 0 Å². The first-order chi connectivity index (χ1) is 13.5. The summed E-state index contributed by atoms with van der Waals surface area (Å²) in [6.07, 6.45) is 0.759. The Labute approximate surface area is 166 Å².